The number of ketones is 1. The van der Waals surface area contributed by atoms with E-state index in [0.29, 0.717) is 6.54 Å². The summed E-state index contributed by atoms with van der Waals surface area (Å²) < 4.78 is 0. The Kier molecular flexibility index (Phi) is 4.70. The van der Waals surface area contributed by atoms with Gasteiger partial charge in [-0.3, -0.25) is 14.5 Å². The predicted octanol–water partition coefficient (Wildman–Crippen LogP) is 2.26. The molecule has 1 heterocycles. The second-order valence-electron chi connectivity index (χ2n) is 5.81. The van der Waals surface area contributed by atoms with Crippen LogP contribution in [-0.2, 0) is 22.6 Å². The molecule has 0 N–H and O–H groups in total. The molecule has 0 spiro atoms. The number of rotatable bonds is 6. The van der Waals surface area contributed by atoms with Gasteiger partial charge in [-0.15, -0.1) is 0 Å². The third-order valence-corrected chi connectivity index (χ3v) is 3.92. The Bertz CT molecular complexity index is 744. The Labute approximate surface area is 140 Å². The molecule has 0 radical (unpaired) electrons. The molecule has 0 aliphatic carbocycles. The van der Waals surface area contributed by atoms with E-state index in [9.17, 15) is 14.4 Å². The fraction of sp³-hybridized carbons (Fsp3) is 0.211. The largest absolute Gasteiger partial charge is 0.327 e. The Morgan fingerprint density at radius 2 is 1.46 bits per heavy atom. The smallest absolute Gasteiger partial charge is 0.311 e. The van der Waals surface area contributed by atoms with Crippen molar-refractivity contribution in [2.24, 2.45) is 0 Å². The van der Waals surface area contributed by atoms with Crippen molar-refractivity contribution < 1.29 is 14.4 Å². The number of nitrogens with zero attached hydrogens (tertiary/aromatic N) is 2. The number of amides is 3. The van der Waals surface area contributed by atoms with Gasteiger partial charge in [0.15, 0.2) is 5.78 Å². The fourth-order valence-corrected chi connectivity index (χ4v) is 2.73. The number of Topliss-reactive ketones (excluding diaryl/α,β-unsaturated/α-hetero) is 1. The van der Waals surface area contributed by atoms with Crippen molar-refractivity contribution in [2.75, 3.05) is 13.1 Å². The van der Waals surface area contributed by atoms with Gasteiger partial charge < -0.3 is 4.90 Å². The Morgan fingerprint density at radius 3 is 2.08 bits per heavy atom. The number of imide groups is 1. The van der Waals surface area contributed by atoms with Crippen LogP contribution in [0.15, 0.2) is 60.7 Å². The average molecular weight is 322 g/mol. The number of urea groups is 1. The minimum atomic E-state index is -0.398. The normalized spacial score (nSPS) is 14.3. The summed E-state index contributed by atoms with van der Waals surface area (Å²) in [6, 6.07) is 18.4. The molecule has 122 valence electrons. The Morgan fingerprint density at radius 1 is 0.875 bits per heavy atom. The van der Waals surface area contributed by atoms with Crippen LogP contribution in [0.25, 0.3) is 0 Å². The number of hydrogen-bond donors (Lipinski definition) is 0. The maximum absolute atomic E-state index is 12.4. The number of benzene rings is 2. The van der Waals surface area contributed by atoms with E-state index in [4.69, 9.17) is 0 Å². The summed E-state index contributed by atoms with van der Waals surface area (Å²) in [5.74, 6) is -0.471. The molecule has 1 saturated heterocycles. The van der Waals surface area contributed by atoms with Crippen molar-refractivity contribution in [3.63, 3.8) is 0 Å². The average Bonchev–Trinajstić information content (AvgIpc) is 2.84. The molecule has 1 aliphatic rings. The van der Waals surface area contributed by atoms with Gasteiger partial charge in [0.2, 0.25) is 0 Å². The number of carbonyl (C=O) groups is 3. The van der Waals surface area contributed by atoms with Gasteiger partial charge in [-0.2, -0.15) is 0 Å². The van der Waals surface area contributed by atoms with Crippen LogP contribution in [0.4, 0.5) is 4.79 Å². The van der Waals surface area contributed by atoms with E-state index in [1.54, 1.807) is 0 Å². The third kappa shape index (κ3) is 3.68. The standard InChI is InChI=1S/C19H18N2O3/c22-17(11-15-7-3-1-4-8-15)13-21-18(23)14-20(19(21)24)12-16-9-5-2-6-10-16/h1-10H,11-14H2. The van der Waals surface area contributed by atoms with Crippen LogP contribution in [0.5, 0.6) is 0 Å². The van der Waals surface area contributed by atoms with E-state index < -0.39 is 6.03 Å². The maximum Gasteiger partial charge on any atom is 0.327 e. The number of carbonyl (C=O) groups excluding carboxylic acids is 3. The van der Waals surface area contributed by atoms with Gasteiger partial charge in [-0.25, -0.2) is 4.79 Å². The topological polar surface area (TPSA) is 57.7 Å². The first-order chi connectivity index (χ1) is 11.6. The molecule has 0 atom stereocenters. The summed E-state index contributed by atoms with van der Waals surface area (Å²) in [5, 5.41) is 0. The minimum Gasteiger partial charge on any atom is -0.311 e. The molecule has 24 heavy (non-hydrogen) atoms. The lowest BCUT2D eigenvalue weighted by molar-refractivity contribution is -0.129. The molecule has 1 aliphatic heterocycles. The Balaban J connectivity index is 1.61. The van der Waals surface area contributed by atoms with E-state index in [-0.39, 0.29) is 31.2 Å². The van der Waals surface area contributed by atoms with Gasteiger partial charge in [-0.05, 0) is 11.1 Å². The van der Waals surface area contributed by atoms with Gasteiger partial charge in [0.05, 0.1) is 6.54 Å². The summed E-state index contributed by atoms with van der Waals surface area (Å²) in [4.78, 5) is 39.1. The first-order valence-electron chi connectivity index (χ1n) is 7.82. The van der Waals surface area contributed by atoms with Gasteiger partial charge in [0.1, 0.15) is 6.54 Å². The highest BCUT2D eigenvalue weighted by molar-refractivity contribution is 6.04. The molecule has 1 fully saturated rings. The summed E-state index contributed by atoms with van der Waals surface area (Å²) in [6.45, 7) is 0.221. The van der Waals surface area contributed by atoms with E-state index in [1.807, 2.05) is 60.7 Å². The lowest BCUT2D eigenvalue weighted by atomic mass is 10.1. The van der Waals surface area contributed by atoms with Gasteiger partial charge >= 0.3 is 6.03 Å². The minimum absolute atomic E-state index is 0.0202. The highest BCUT2D eigenvalue weighted by atomic mass is 16.2. The van der Waals surface area contributed by atoms with Crippen LogP contribution in [0.2, 0.25) is 0 Å². The summed E-state index contributed by atoms with van der Waals surface area (Å²) in [7, 11) is 0. The summed E-state index contributed by atoms with van der Waals surface area (Å²) >= 11 is 0. The van der Waals surface area contributed by atoms with Crippen LogP contribution in [0.1, 0.15) is 11.1 Å². The highest BCUT2D eigenvalue weighted by Crippen LogP contribution is 2.15. The van der Waals surface area contributed by atoms with Crippen LogP contribution >= 0.6 is 0 Å². The molecule has 0 aromatic heterocycles. The van der Waals surface area contributed by atoms with Crippen molar-refractivity contribution in [1.82, 2.24) is 9.80 Å². The van der Waals surface area contributed by atoms with Crippen molar-refractivity contribution >= 4 is 17.7 Å². The van der Waals surface area contributed by atoms with Crippen molar-refractivity contribution in [3.8, 4) is 0 Å². The van der Waals surface area contributed by atoms with E-state index in [1.165, 1.54) is 4.90 Å². The molecule has 0 bridgehead atoms. The van der Waals surface area contributed by atoms with E-state index >= 15 is 0 Å². The molecule has 3 amide bonds. The van der Waals surface area contributed by atoms with E-state index in [0.717, 1.165) is 16.0 Å². The highest BCUT2D eigenvalue weighted by Gasteiger charge is 2.36. The number of hydrogen-bond acceptors (Lipinski definition) is 3. The molecule has 0 saturated carbocycles. The molecule has 5 nitrogen and oxygen atoms in total. The van der Waals surface area contributed by atoms with Gasteiger partial charge in [-0.1, -0.05) is 60.7 Å². The molecule has 3 rings (SSSR count). The quantitative estimate of drug-likeness (QED) is 0.767. The maximum atomic E-state index is 12.4. The van der Waals surface area contributed by atoms with Crippen LogP contribution in [0, 0.1) is 0 Å². The molecule has 5 heteroatoms. The van der Waals surface area contributed by atoms with Gasteiger partial charge in [0, 0.05) is 13.0 Å². The zero-order chi connectivity index (χ0) is 16.9. The van der Waals surface area contributed by atoms with Crippen molar-refractivity contribution in [2.45, 2.75) is 13.0 Å². The zero-order valence-electron chi connectivity index (χ0n) is 13.2. The molecule has 2 aromatic rings. The molecular weight excluding hydrogens is 304 g/mol. The zero-order valence-corrected chi connectivity index (χ0v) is 13.2. The SMILES string of the molecule is O=C(Cc1ccccc1)CN1C(=O)CN(Cc2ccccc2)C1=O. The monoisotopic (exact) mass is 322 g/mol. The molecular formula is C19H18N2O3. The van der Waals surface area contributed by atoms with Crippen molar-refractivity contribution in [3.05, 3.63) is 71.8 Å². The Hall–Kier alpha value is -2.95. The first-order valence-corrected chi connectivity index (χ1v) is 7.82. The van der Waals surface area contributed by atoms with Crippen LogP contribution < -0.4 is 0 Å². The third-order valence-electron chi connectivity index (χ3n) is 3.92. The van der Waals surface area contributed by atoms with Crippen LogP contribution in [0.3, 0.4) is 0 Å². The predicted molar refractivity (Wildman–Crippen MR) is 89.1 cm³/mol. The summed E-state index contributed by atoms with van der Waals surface area (Å²) in [6.07, 6.45) is 0.219. The van der Waals surface area contributed by atoms with E-state index in [2.05, 4.69) is 0 Å². The molecule has 2 aromatic carbocycles. The first kappa shape index (κ1) is 15.9. The van der Waals surface area contributed by atoms with Gasteiger partial charge in [0.25, 0.3) is 5.91 Å². The lowest BCUT2D eigenvalue weighted by Crippen LogP contribution is -2.37. The second-order valence-corrected chi connectivity index (χ2v) is 5.81. The van der Waals surface area contributed by atoms with Crippen LogP contribution in [-0.4, -0.2) is 40.6 Å². The lowest BCUT2D eigenvalue weighted by Gasteiger charge is -2.16. The van der Waals surface area contributed by atoms with Crippen molar-refractivity contribution in [1.29, 1.82) is 0 Å². The fourth-order valence-electron chi connectivity index (χ4n) is 2.73. The summed E-state index contributed by atoms with van der Waals surface area (Å²) in [5.41, 5.74) is 1.83. The molecule has 0 unspecified atom stereocenters. The second kappa shape index (κ2) is 7.08.